The lowest BCUT2D eigenvalue weighted by Crippen LogP contribution is -2.50. The number of benzene rings is 2. The van der Waals surface area contributed by atoms with Gasteiger partial charge in [-0.25, -0.2) is 45.6 Å². The number of piperidine rings is 2. The molecule has 2 aliphatic rings. The second-order valence-electron chi connectivity index (χ2n) is 17.4. The Hall–Kier alpha value is -8.74. The van der Waals surface area contributed by atoms with Crippen LogP contribution in [0.2, 0.25) is 0 Å². The molecule has 78 heavy (non-hydrogen) atoms. The van der Waals surface area contributed by atoms with E-state index in [9.17, 15) is 35.8 Å². The number of aliphatic hydroxyl groups is 2. The first-order chi connectivity index (χ1) is 37.6. The second kappa shape index (κ2) is 23.2. The van der Waals surface area contributed by atoms with Crippen molar-refractivity contribution >= 4 is 43.8 Å². The molecule has 0 radical (unpaired) electrons. The molecular formula is C48H50F2N16O10S2. The van der Waals surface area contributed by atoms with Crippen molar-refractivity contribution < 1.29 is 54.8 Å². The fourth-order valence-corrected chi connectivity index (χ4v) is 11.6. The standard InChI is InChI=1S/2C24H25FN8O5S/c2*1-37-19-6-3-7-20(38-2)21(19)33-22(15-5-4-8-26-10-15)29-30-24(33)31-39(35,36)18-9-17(34)13-32(14-18)23-27-11-16(25)12-28-23/h2*3-8,10-12,17-18,34H,9,13-14H2,1-2H3,(H,30,31)/t2*17-,18+/m10/s1. The van der Waals surface area contributed by atoms with E-state index in [0.29, 0.717) is 45.5 Å². The van der Waals surface area contributed by atoms with Crippen LogP contribution in [0.1, 0.15) is 12.8 Å². The minimum absolute atomic E-state index is 0.0421. The molecule has 2 saturated heterocycles. The number of para-hydroxylation sites is 2. The lowest BCUT2D eigenvalue weighted by Gasteiger charge is -2.35. The van der Waals surface area contributed by atoms with E-state index in [1.807, 2.05) is 0 Å². The second-order valence-corrected chi connectivity index (χ2v) is 21.3. The van der Waals surface area contributed by atoms with E-state index in [-0.39, 0.29) is 74.5 Å². The van der Waals surface area contributed by atoms with Gasteiger partial charge in [-0.3, -0.25) is 28.5 Å². The summed E-state index contributed by atoms with van der Waals surface area (Å²) in [6.07, 6.45) is 8.18. The van der Waals surface area contributed by atoms with Crippen LogP contribution in [0, 0.1) is 11.6 Å². The number of rotatable bonds is 16. The third kappa shape index (κ3) is 11.6. The molecule has 0 saturated carbocycles. The van der Waals surface area contributed by atoms with Crippen LogP contribution < -0.4 is 38.2 Å². The zero-order valence-corrected chi connectivity index (χ0v) is 43.6. The summed E-state index contributed by atoms with van der Waals surface area (Å²) in [5.41, 5.74) is 1.87. The molecule has 2 fully saturated rings. The van der Waals surface area contributed by atoms with Crippen LogP contribution >= 0.6 is 0 Å². The van der Waals surface area contributed by atoms with Crippen molar-refractivity contribution in [2.45, 2.75) is 35.5 Å². The number of methoxy groups -OCH3 is 4. The third-order valence-corrected chi connectivity index (χ3v) is 15.7. The van der Waals surface area contributed by atoms with Gasteiger partial charge < -0.3 is 39.0 Å². The highest BCUT2D eigenvalue weighted by atomic mass is 32.2. The first kappa shape index (κ1) is 54.1. The van der Waals surface area contributed by atoms with Crippen LogP contribution in [0.4, 0.5) is 32.6 Å². The van der Waals surface area contributed by atoms with E-state index in [1.54, 1.807) is 85.5 Å². The number of β-amino-alcohol motifs (C(OH)–C–C–N with tert-alkyl or cyclic N) is 2. The Bertz CT molecular complexity index is 3300. The van der Waals surface area contributed by atoms with Crippen LogP contribution in [-0.2, 0) is 20.0 Å². The predicted molar refractivity (Wildman–Crippen MR) is 278 cm³/mol. The van der Waals surface area contributed by atoms with Crippen LogP contribution in [0.15, 0.2) is 110 Å². The molecule has 10 rings (SSSR count). The van der Waals surface area contributed by atoms with Crippen molar-refractivity contribution in [3.8, 4) is 57.1 Å². The van der Waals surface area contributed by atoms with Gasteiger partial charge in [-0.1, -0.05) is 12.1 Å². The van der Waals surface area contributed by atoms with Crippen LogP contribution in [0.5, 0.6) is 23.0 Å². The predicted octanol–water partition coefficient (Wildman–Crippen LogP) is 3.31. The molecule has 26 nitrogen and oxygen atoms in total. The lowest BCUT2D eigenvalue weighted by molar-refractivity contribution is 0.154. The van der Waals surface area contributed by atoms with Gasteiger partial charge in [-0.05, 0) is 61.4 Å². The van der Waals surface area contributed by atoms with Gasteiger partial charge in [0.15, 0.2) is 23.3 Å². The highest BCUT2D eigenvalue weighted by Crippen LogP contribution is 2.40. The number of nitrogens with zero attached hydrogens (tertiary/aromatic N) is 14. The van der Waals surface area contributed by atoms with E-state index in [4.69, 9.17) is 18.9 Å². The van der Waals surface area contributed by atoms with E-state index in [1.165, 1.54) is 47.4 Å². The zero-order chi connectivity index (χ0) is 55.1. The molecule has 4 atom stereocenters. The molecule has 0 spiro atoms. The summed E-state index contributed by atoms with van der Waals surface area (Å²) in [7, 11) is -2.41. The number of aromatic nitrogens is 12. The SMILES string of the molecule is COc1cccc(OC)c1-n1c(NS(=O)(=O)[C@@H]2C[C@H](O)CN(c3ncc(F)cn3)C2)nnc1-c1cccnc1.COc1cccc(OC)c1-n1c(NS(=O)(=O)[C@H]2C[C@@H](O)CN(c3ncc(F)cn3)C2)nnc1-c1cccnc1. The number of sulfonamides is 2. The van der Waals surface area contributed by atoms with E-state index >= 15 is 0 Å². The Labute approximate surface area is 444 Å². The molecule has 408 valence electrons. The molecule has 0 bridgehead atoms. The van der Waals surface area contributed by atoms with Gasteiger partial charge in [0.2, 0.25) is 43.8 Å². The molecule has 0 unspecified atom stereocenters. The lowest BCUT2D eigenvalue weighted by atomic mass is 10.1. The van der Waals surface area contributed by atoms with Crippen molar-refractivity contribution in [1.82, 2.24) is 59.4 Å². The highest BCUT2D eigenvalue weighted by molar-refractivity contribution is 7.93. The van der Waals surface area contributed by atoms with E-state index < -0.39 is 54.4 Å². The van der Waals surface area contributed by atoms with Crippen LogP contribution in [0.3, 0.4) is 0 Å². The zero-order valence-electron chi connectivity index (χ0n) is 41.9. The van der Waals surface area contributed by atoms with E-state index in [2.05, 4.69) is 59.7 Å². The normalized spacial score (nSPS) is 17.6. The fraction of sp³-hybridized carbons (Fsp3) is 0.292. The molecule has 6 aromatic heterocycles. The maximum atomic E-state index is 13.7. The summed E-state index contributed by atoms with van der Waals surface area (Å²) in [5.74, 6) is 0.812. The molecule has 2 aliphatic heterocycles. The highest BCUT2D eigenvalue weighted by Gasteiger charge is 2.39. The molecule has 4 N–H and O–H groups in total. The maximum absolute atomic E-state index is 13.7. The number of ether oxygens (including phenoxy) is 4. The van der Waals surface area contributed by atoms with Gasteiger partial charge in [0.05, 0.1) is 65.4 Å². The smallest absolute Gasteiger partial charge is 0.243 e. The summed E-state index contributed by atoms with van der Waals surface area (Å²) in [6.45, 7) is 0.105. The van der Waals surface area contributed by atoms with Crippen molar-refractivity contribution in [2.24, 2.45) is 0 Å². The van der Waals surface area contributed by atoms with Crippen molar-refractivity contribution in [2.75, 3.05) is 73.9 Å². The quantitative estimate of drug-likeness (QED) is 0.108. The summed E-state index contributed by atoms with van der Waals surface area (Å²) in [6, 6.07) is 17.2. The number of aliphatic hydroxyl groups excluding tert-OH is 2. The van der Waals surface area contributed by atoms with Gasteiger partial charge in [-0.15, -0.1) is 20.4 Å². The molecule has 0 amide bonds. The minimum Gasteiger partial charge on any atom is -0.494 e. The number of pyridine rings is 2. The van der Waals surface area contributed by atoms with Gasteiger partial charge in [-0.2, -0.15) is 0 Å². The maximum Gasteiger partial charge on any atom is 0.243 e. The summed E-state index contributed by atoms with van der Waals surface area (Å²) >= 11 is 0. The molecule has 30 heteroatoms. The molecule has 8 heterocycles. The van der Waals surface area contributed by atoms with Crippen molar-refractivity contribution in [1.29, 1.82) is 0 Å². The Balaban J connectivity index is 0.000000190. The van der Waals surface area contributed by atoms with Crippen LogP contribution in [-0.4, -0.2) is 164 Å². The van der Waals surface area contributed by atoms with Gasteiger partial charge in [0, 0.05) is 62.1 Å². The monoisotopic (exact) mass is 1110 g/mol. The summed E-state index contributed by atoms with van der Waals surface area (Å²) < 4.78 is 112. The van der Waals surface area contributed by atoms with Crippen molar-refractivity contribution in [3.63, 3.8) is 0 Å². The largest absolute Gasteiger partial charge is 0.494 e. The molecule has 2 aromatic carbocycles. The Morgan fingerprint density at radius 3 is 1.19 bits per heavy atom. The first-order valence-electron chi connectivity index (χ1n) is 23.6. The van der Waals surface area contributed by atoms with Gasteiger partial charge in [0.25, 0.3) is 0 Å². The molecule has 0 aliphatic carbocycles. The van der Waals surface area contributed by atoms with E-state index in [0.717, 1.165) is 24.8 Å². The Kier molecular flexibility index (Phi) is 16.1. The van der Waals surface area contributed by atoms with Gasteiger partial charge in [0.1, 0.15) is 44.9 Å². The number of anilines is 4. The summed E-state index contributed by atoms with van der Waals surface area (Å²) in [5, 5.41) is 35.6. The van der Waals surface area contributed by atoms with Crippen molar-refractivity contribution in [3.05, 3.63) is 122 Å². The summed E-state index contributed by atoms with van der Waals surface area (Å²) in [4.78, 5) is 26.9. The Morgan fingerprint density at radius 1 is 0.513 bits per heavy atom. The van der Waals surface area contributed by atoms with Gasteiger partial charge >= 0.3 is 0 Å². The minimum atomic E-state index is -4.16. The number of hydrogen-bond acceptors (Lipinski definition) is 22. The van der Waals surface area contributed by atoms with Crippen LogP contribution in [0.25, 0.3) is 34.2 Å². The Morgan fingerprint density at radius 2 is 0.872 bits per heavy atom. The average Bonchev–Trinajstić information content (AvgIpc) is 4.08. The number of halogens is 2. The molecule has 8 aromatic rings. The molecular weight excluding hydrogens is 1060 g/mol. The third-order valence-electron chi connectivity index (χ3n) is 12.3. The number of hydrogen-bond donors (Lipinski definition) is 4. The first-order valence-corrected chi connectivity index (χ1v) is 26.7. The fourth-order valence-electron chi connectivity index (χ4n) is 8.78. The average molecular weight is 1110 g/mol. The topological polar surface area (TPSA) is 315 Å². The number of nitrogens with one attached hydrogen (secondary N) is 2.